The second-order valence-corrected chi connectivity index (χ2v) is 13.8. The van der Waals surface area contributed by atoms with Gasteiger partial charge in [0, 0.05) is 36.8 Å². The maximum absolute atomic E-state index is 12.9. The molecule has 0 radical (unpaired) electrons. The van der Waals surface area contributed by atoms with Gasteiger partial charge >= 0.3 is 0 Å². The lowest BCUT2D eigenvalue weighted by molar-refractivity contribution is 0.294. The molecule has 0 fully saturated rings. The molecule has 5 aromatic rings. The topological polar surface area (TPSA) is 133 Å². The Balaban J connectivity index is 1.19. The number of hydrogen-bond donors (Lipinski definition) is 0. The van der Waals surface area contributed by atoms with Gasteiger partial charge in [-0.15, -0.1) is 0 Å². The van der Waals surface area contributed by atoms with Gasteiger partial charge in [-0.2, -0.15) is 13.5 Å². The van der Waals surface area contributed by atoms with Gasteiger partial charge in [0.25, 0.3) is 20.1 Å². The zero-order valence-electron chi connectivity index (χ0n) is 24.4. The Kier molecular flexibility index (Phi) is 8.23. The molecule has 0 saturated carbocycles. The maximum Gasteiger partial charge on any atom is 0.297 e. The van der Waals surface area contributed by atoms with Crippen LogP contribution in [0.5, 0.6) is 5.75 Å². The minimum Gasteiger partial charge on any atom is -0.486 e. The monoisotopic (exact) mass is 643 g/mol. The van der Waals surface area contributed by atoms with Gasteiger partial charge in [-0.1, -0.05) is 29.8 Å². The Morgan fingerprint density at radius 3 is 2.31 bits per heavy atom. The molecule has 0 unspecified atom stereocenters. The van der Waals surface area contributed by atoms with Crippen molar-refractivity contribution in [2.45, 2.75) is 23.3 Å². The fraction of sp³-hybridized carbons (Fsp3) is 0.156. The minimum atomic E-state index is -3.91. The molecule has 11 nitrogen and oxygen atoms in total. The van der Waals surface area contributed by atoms with E-state index in [0.29, 0.717) is 17.1 Å². The highest BCUT2D eigenvalue weighted by atomic mass is 32.2. The van der Waals surface area contributed by atoms with Gasteiger partial charge in [0.15, 0.2) is 5.84 Å². The van der Waals surface area contributed by atoms with E-state index in [-0.39, 0.29) is 35.4 Å². The summed E-state index contributed by atoms with van der Waals surface area (Å²) in [6.45, 7) is 1.93. The lowest BCUT2D eigenvalue weighted by Crippen LogP contribution is -2.38. The molecule has 3 heterocycles. The zero-order valence-corrected chi connectivity index (χ0v) is 26.1. The minimum absolute atomic E-state index is 0.0498. The van der Waals surface area contributed by atoms with E-state index in [1.165, 1.54) is 25.2 Å². The molecule has 3 aromatic carbocycles. The summed E-state index contributed by atoms with van der Waals surface area (Å²) in [6.07, 6.45) is 5.22. The summed E-state index contributed by atoms with van der Waals surface area (Å²) in [6, 6.07) is 24.1. The van der Waals surface area contributed by atoms with Crippen LogP contribution in [0, 0.1) is 6.92 Å². The first kappa shape index (κ1) is 30.2. The number of likely N-dealkylation sites (N-methyl/N-ethyl adjacent to an activating group) is 1. The average Bonchev–Trinajstić information content (AvgIpc) is 3.47. The van der Waals surface area contributed by atoms with E-state index in [1.54, 1.807) is 59.5 Å². The van der Waals surface area contributed by atoms with Crippen LogP contribution in [0.3, 0.4) is 0 Å². The highest BCUT2D eigenvalue weighted by Crippen LogP contribution is 2.33. The number of amidine groups is 1. The summed E-state index contributed by atoms with van der Waals surface area (Å²) in [4.78, 5) is 8.85. The van der Waals surface area contributed by atoms with Crippen molar-refractivity contribution in [1.29, 1.82) is 0 Å². The number of aliphatic imine (C=N–C) groups is 1. The first-order chi connectivity index (χ1) is 21.6. The third-order valence-corrected chi connectivity index (χ3v) is 10.4. The average molecular weight is 644 g/mol. The fourth-order valence-corrected chi connectivity index (χ4v) is 6.94. The van der Waals surface area contributed by atoms with Crippen molar-refractivity contribution in [3.63, 3.8) is 0 Å². The summed E-state index contributed by atoms with van der Waals surface area (Å²) in [5.74, 6) is 0.786. The molecule has 0 spiro atoms. The van der Waals surface area contributed by atoms with Crippen LogP contribution in [0.2, 0.25) is 0 Å². The molecular weight excluding hydrogens is 615 g/mol. The van der Waals surface area contributed by atoms with Crippen molar-refractivity contribution in [1.82, 2.24) is 19.1 Å². The zero-order chi connectivity index (χ0) is 31.6. The first-order valence-electron chi connectivity index (χ1n) is 13.9. The highest BCUT2D eigenvalue weighted by molar-refractivity contribution is 7.90. The summed E-state index contributed by atoms with van der Waals surface area (Å²) in [5.41, 5.74) is 4.52. The molecule has 0 bridgehead atoms. The number of ether oxygens (including phenoxy) is 1. The number of aromatic nitrogens is 3. The van der Waals surface area contributed by atoms with Crippen molar-refractivity contribution >= 4 is 31.7 Å². The predicted molar refractivity (Wildman–Crippen MR) is 169 cm³/mol. The molecule has 0 amide bonds. The van der Waals surface area contributed by atoms with E-state index in [4.69, 9.17) is 14.0 Å². The number of hydrogen-bond acceptors (Lipinski definition) is 9. The van der Waals surface area contributed by atoms with E-state index in [0.717, 1.165) is 26.6 Å². The number of fused-ring (bicyclic) bond motifs is 1. The van der Waals surface area contributed by atoms with Crippen molar-refractivity contribution in [3.05, 3.63) is 109 Å². The molecular formula is C32H29N5O6S2. The van der Waals surface area contributed by atoms with Crippen molar-refractivity contribution in [2.24, 2.45) is 4.99 Å². The second-order valence-electron chi connectivity index (χ2n) is 10.3. The molecule has 2 aromatic heterocycles. The van der Waals surface area contributed by atoms with Gasteiger partial charge in [0.05, 0.1) is 23.7 Å². The van der Waals surface area contributed by atoms with Crippen LogP contribution in [0.25, 0.3) is 22.4 Å². The molecule has 0 atom stereocenters. The Bertz CT molecular complexity index is 2080. The Hall–Kier alpha value is -4.85. The standard InChI is InChI=1S/C32H29N5O6S2/c1-23-7-13-27(14-8-23)45(40,41)43-20-19-37-21-28(24-15-17-33-18-16-24)32(35-37)25-9-11-26(12-10-25)42-22-31-34-29-5-3-4-6-30(29)44(38,39)36(31)2/h3-18,21H,19-20,22H2,1-2H3. The predicted octanol–water partition coefficient (Wildman–Crippen LogP) is 5.07. The summed E-state index contributed by atoms with van der Waals surface area (Å²) < 4.78 is 65.1. The van der Waals surface area contributed by atoms with Gasteiger partial charge in [-0.25, -0.2) is 13.4 Å². The van der Waals surface area contributed by atoms with Crippen molar-refractivity contribution < 1.29 is 25.8 Å². The van der Waals surface area contributed by atoms with Crippen molar-refractivity contribution in [3.8, 4) is 28.1 Å². The molecule has 230 valence electrons. The lowest BCUT2D eigenvalue weighted by atomic mass is 10.0. The first-order valence-corrected chi connectivity index (χ1v) is 16.8. The van der Waals surface area contributed by atoms with Gasteiger partial charge in [-0.05, 0) is 73.2 Å². The van der Waals surface area contributed by atoms with E-state index < -0.39 is 20.1 Å². The van der Waals surface area contributed by atoms with Crippen molar-refractivity contribution in [2.75, 3.05) is 20.3 Å². The van der Waals surface area contributed by atoms with Crippen LogP contribution in [0.15, 0.2) is 118 Å². The van der Waals surface area contributed by atoms with Crippen LogP contribution < -0.4 is 4.74 Å². The van der Waals surface area contributed by atoms with Gasteiger partial charge < -0.3 is 4.74 Å². The van der Waals surface area contributed by atoms with Crippen LogP contribution in [-0.4, -0.2) is 62.0 Å². The molecule has 45 heavy (non-hydrogen) atoms. The SMILES string of the molecule is Cc1ccc(S(=O)(=O)OCCn2cc(-c3ccncc3)c(-c3ccc(OCC4=Nc5ccccc5S(=O)(=O)N4C)cc3)n2)cc1. The maximum atomic E-state index is 12.9. The summed E-state index contributed by atoms with van der Waals surface area (Å²) >= 11 is 0. The van der Waals surface area contributed by atoms with Crippen LogP contribution >= 0.6 is 0 Å². The normalized spacial score (nSPS) is 14.1. The molecule has 1 aliphatic rings. The molecule has 0 N–H and O–H groups in total. The molecule has 0 saturated heterocycles. The number of para-hydroxylation sites is 1. The Labute approximate surface area is 261 Å². The number of sulfonamides is 1. The molecule has 1 aliphatic heterocycles. The molecule has 6 rings (SSSR count). The number of rotatable bonds is 10. The third kappa shape index (κ3) is 6.36. The number of aryl methyl sites for hydroxylation is 1. The largest absolute Gasteiger partial charge is 0.486 e. The molecule has 0 aliphatic carbocycles. The van der Waals surface area contributed by atoms with Gasteiger partial charge in [-0.3, -0.25) is 18.2 Å². The summed E-state index contributed by atoms with van der Waals surface area (Å²) in [5, 5.41) is 4.75. The van der Waals surface area contributed by atoms with E-state index >= 15 is 0 Å². The fourth-order valence-electron chi connectivity index (χ4n) is 4.75. The van der Waals surface area contributed by atoms with Gasteiger partial charge in [0.2, 0.25) is 0 Å². The number of benzene rings is 3. The third-order valence-electron chi connectivity index (χ3n) is 7.23. The second kappa shape index (κ2) is 12.3. The van der Waals surface area contributed by atoms with Gasteiger partial charge in [0.1, 0.15) is 22.9 Å². The highest BCUT2D eigenvalue weighted by Gasteiger charge is 2.31. The quantitative estimate of drug-likeness (QED) is 0.193. The number of nitrogens with zero attached hydrogens (tertiary/aromatic N) is 5. The summed E-state index contributed by atoms with van der Waals surface area (Å²) in [7, 11) is -6.16. The van der Waals surface area contributed by atoms with E-state index in [1.807, 2.05) is 37.4 Å². The van der Waals surface area contributed by atoms with E-state index in [9.17, 15) is 16.8 Å². The molecule has 13 heteroatoms. The smallest absolute Gasteiger partial charge is 0.297 e. The number of pyridine rings is 1. The lowest BCUT2D eigenvalue weighted by Gasteiger charge is -2.26. The van der Waals surface area contributed by atoms with Crippen LogP contribution in [0.1, 0.15) is 5.56 Å². The van der Waals surface area contributed by atoms with E-state index in [2.05, 4.69) is 9.98 Å². The van der Waals surface area contributed by atoms with Crippen LogP contribution in [0.4, 0.5) is 5.69 Å². The van der Waals surface area contributed by atoms with Crippen LogP contribution in [-0.2, 0) is 30.9 Å². The Morgan fingerprint density at radius 1 is 0.867 bits per heavy atom. The Morgan fingerprint density at radius 2 is 1.58 bits per heavy atom.